The van der Waals surface area contributed by atoms with Crippen molar-refractivity contribution in [2.45, 2.75) is 0 Å². The van der Waals surface area contributed by atoms with Crippen LogP contribution in [0.25, 0.3) is 16.7 Å². The molecule has 27 heavy (non-hydrogen) atoms. The maximum Gasteiger partial charge on any atom is 0.236 e. The van der Waals surface area contributed by atoms with Crippen molar-refractivity contribution in [1.29, 1.82) is 0 Å². The van der Waals surface area contributed by atoms with Crippen LogP contribution in [0.4, 0.5) is 0 Å². The minimum atomic E-state index is -3.70. The summed E-state index contributed by atoms with van der Waals surface area (Å²) in [7, 11) is -3.70. The standard InChI is InChI=1S/C21H15NO4S/c1-27(25,26)22-13-17(15-10-6-3-7-11-15)19-20(22)16(12-18(23)21(19)24)14-8-4-2-5-9-14/h2-13H,1H3. The first-order valence-corrected chi connectivity index (χ1v) is 10.1. The fourth-order valence-electron chi connectivity index (χ4n) is 3.29. The van der Waals surface area contributed by atoms with E-state index in [4.69, 9.17) is 0 Å². The molecule has 5 nitrogen and oxygen atoms in total. The lowest BCUT2D eigenvalue weighted by Gasteiger charge is -2.17. The van der Waals surface area contributed by atoms with Crippen LogP contribution in [0.1, 0.15) is 21.6 Å². The Morgan fingerprint density at radius 2 is 1.37 bits per heavy atom. The first-order chi connectivity index (χ1) is 12.9. The third-order valence-corrected chi connectivity index (χ3v) is 5.48. The molecular weight excluding hydrogens is 362 g/mol. The van der Waals surface area contributed by atoms with Gasteiger partial charge in [-0.2, -0.15) is 0 Å². The van der Waals surface area contributed by atoms with Gasteiger partial charge in [0.25, 0.3) is 0 Å². The average Bonchev–Trinajstić information content (AvgIpc) is 3.07. The topological polar surface area (TPSA) is 73.2 Å². The Morgan fingerprint density at radius 3 is 1.93 bits per heavy atom. The summed E-state index contributed by atoms with van der Waals surface area (Å²) < 4.78 is 26.0. The second-order valence-corrected chi connectivity index (χ2v) is 8.17. The number of carbonyl (C=O) groups is 2. The molecule has 0 spiro atoms. The molecule has 0 aliphatic heterocycles. The minimum absolute atomic E-state index is 0.123. The van der Waals surface area contributed by atoms with Crippen molar-refractivity contribution in [2.24, 2.45) is 0 Å². The molecular formula is C21H15NO4S. The predicted molar refractivity (Wildman–Crippen MR) is 103 cm³/mol. The summed E-state index contributed by atoms with van der Waals surface area (Å²) in [6.45, 7) is 0. The molecule has 0 atom stereocenters. The molecule has 0 bridgehead atoms. The van der Waals surface area contributed by atoms with Gasteiger partial charge < -0.3 is 0 Å². The quantitative estimate of drug-likeness (QED) is 0.657. The highest BCUT2D eigenvalue weighted by Crippen LogP contribution is 2.38. The average molecular weight is 377 g/mol. The third kappa shape index (κ3) is 2.84. The van der Waals surface area contributed by atoms with E-state index in [1.54, 1.807) is 48.5 Å². The van der Waals surface area contributed by atoms with Crippen LogP contribution in [0, 0.1) is 0 Å². The van der Waals surface area contributed by atoms with E-state index in [1.807, 2.05) is 12.1 Å². The van der Waals surface area contributed by atoms with Gasteiger partial charge in [0, 0.05) is 17.3 Å². The van der Waals surface area contributed by atoms with Crippen molar-refractivity contribution in [1.82, 2.24) is 3.97 Å². The Labute approximate surface area is 156 Å². The number of ketones is 2. The largest absolute Gasteiger partial charge is 0.286 e. The zero-order chi connectivity index (χ0) is 19.2. The summed E-state index contributed by atoms with van der Waals surface area (Å²) in [5, 5.41) is 0. The van der Waals surface area contributed by atoms with Gasteiger partial charge in [-0.15, -0.1) is 0 Å². The van der Waals surface area contributed by atoms with E-state index in [2.05, 4.69) is 0 Å². The molecule has 0 fully saturated rings. The van der Waals surface area contributed by atoms with Gasteiger partial charge in [-0.3, -0.25) is 9.59 Å². The SMILES string of the molecule is CS(=O)(=O)n1cc(-c2ccccc2)c2c1C(c1ccccc1)=CC(=O)C2=O. The molecule has 4 rings (SSSR count). The number of allylic oxidation sites excluding steroid dienone is 1. The lowest BCUT2D eigenvalue weighted by atomic mass is 9.87. The first kappa shape index (κ1) is 17.2. The molecule has 2 aromatic carbocycles. The van der Waals surface area contributed by atoms with E-state index in [1.165, 1.54) is 12.3 Å². The smallest absolute Gasteiger partial charge is 0.236 e. The number of nitrogens with zero attached hydrogens (tertiary/aromatic N) is 1. The normalized spacial score (nSPS) is 14.0. The summed E-state index contributed by atoms with van der Waals surface area (Å²) in [4.78, 5) is 25.1. The monoisotopic (exact) mass is 377 g/mol. The Balaban J connectivity index is 2.11. The van der Waals surface area contributed by atoms with Crippen LogP contribution in [0.3, 0.4) is 0 Å². The van der Waals surface area contributed by atoms with Crippen molar-refractivity contribution < 1.29 is 18.0 Å². The summed E-state index contributed by atoms with van der Waals surface area (Å²) in [6, 6.07) is 17.9. The van der Waals surface area contributed by atoms with E-state index in [-0.39, 0.29) is 11.3 Å². The van der Waals surface area contributed by atoms with E-state index < -0.39 is 21.6 Å². The van der Waals surface area contributed by atoms with Gasteiger partial charge in [0.15, 0.2) is 0 Å². The van der Waals surface area contributed by atoms with E-state index in [9.17, 15) is 18.0 Å². The second kappa shape index (κ2) is 6.17. The molecule has 0 radical (unpaired) electrons. The summed E-state index contributed by atoms with van der Waals surface area (Å²) in [5.74, 6) is -1.37. The molecule has 1 heterocycles. The summed E-state index contributed by atoms with van der Waals surface area (Å²) >= 11 is 0. The highest BCUT2D eigenvalue weighted by Gasteiger charge is 2.35. The fraction of sp³-hybridized carbons (Fsp3) is 0.0476. The zero-order valence-electron chi connectivity index (χ0n) is 14.4. The number of Topliss-reactive ketones (excluding diaryl/α,β-unsaturated/α-hetero) is 1. The number of carbonyl (C=O) groups excluding carboxylic acids is 2. The van der Waals surface area contributed by atoms with Crippen molar-refractivity contribution in [3.63, 3.8) is 0 Å². The number of hydrogen-bond donors (Lipinski definition) is 0. The lowest BCUT2D eigenvalue weighted by Crippen LogP contribution is -2.22. The van der Waals surface area contributed by atoms with Crippen LogP contribution >= 0.6 is 0 Å². The molecule has 3 aromatic rings. The molecule has 6 heteroatoms. The van der Waals surface area contributed by atoms with Gasteiger partial charge in [-0.05, 0) is 17.2 Å². The van der Waals surface area contributed by atoms with E-state index in [0.717, 1.165) is 10.2 Å². The molecule has 1 aliphatic carbocycles. The van der Waals surface area contributed by atoms with Crippen LogP contribution in [-0.2, 0) is 14.8 Å². The predicted octanol–water partition coefficient (Wildman–Crippen LogP) is 3.16. The number of aromatic nitrogens is 1. The number of fused-ring (bicyclic) bond motifs is 1. The maximum atomic E-state index is 12.7. The minimum Gasteiger partial charge on any atom is -0.286 e. The molecule has 1 aliphatic rings. The first-order valence-electron chi connectivity index (χ1n) is 8.25. The molecule has 134 valence electrons. The van der Waals surface area contributed by atoms with Gasteiger partial charge in [0.1, 0.15) is 0 Å². The fourth-order valence-corrected chi connectivity index (χ4v) is 4.11. The Morgan fingerprint density at radius 1 is 0.815 bits per heavy atom. The van der Waals surface area contributed by atoms with Gasteiger partial charge in [-0.25, -0.2) is 12.4 Å². The van der Waals surface area contributed by atoms with Crippen LogP contribution in [0.2, 0.25) is 0 Å². The van der Waals surface area contributed by atoms with Crippen LogP contribution in [0.5, 0.6) is 0 Å². The number of hydrogen-bond acceptors (Lipinski definition) is 4. The van der Waals surface area contributed by atoms with E-state index >= 15 is 0 Å². The van der Waals surface area contributed by atoms with Crippen molar-refractivity contribution in [3.05, 3.63) is 89.8 Å². The van der Waals surface area contributed by atoms with E-state index in [0.29, 0.717) is 22.3 Å². The summed E-state index contributed by atoms with van der Waals surface area (Å²) in [6.07, 6.45) is 3.71. The van der Waals surface area contributed by atoms with Gasteiger partial charge in [-0.1, -0.05) is 60.7 Å². The Bertz CT molecular complexity index is 1200. The van der Waals surface area contributed by atoms with Crippen molar-refractivity contribution in [2.75, 3.05) is 6.26 Å². The number of benzene rings is 2. The Hall–Kier alpha value is -3.25. The zero-order valence-corrected chi connectivity index (χ0v) is 15.2. The van der Waals surface area contributed by atoms with Crippen LogP contribution < -0.4 is 0 Å². The third-order valence-electron chi connectivity index (χ3n) is 4.48. The van der Waals surface area contributed by atoms with Crippen LogP contribution in [0.15, 0.2) is 72.9 Å². The number of rotatable bonds is 3. The van der Waals surface area contributed by atoms with Gasteiger partial charge >= 0.3 is 0 Å². The van der Waals surface area contributed by atoms with Crippen molar-refractivity contribution in [3.8, 4) is 11.1 Å². The van der Waals surface area contributed by atoms with Crippen molar-refractivity contribution >= 4 is 27.2 Å². The highest BCUT2D eigenvalue weighted by atomic mass is 32.2. The molecule has 0 saturated heterocycles. The summed E-state index contributed by atoms with van der Waals surface area (Å²) in [5.41, 5.74) is 2.54. The van der Waals surface area contributed by atoms with Gasteiger partial charge in [0.05, 0.1) is 17.5 Å². The van der Waals surface area contributed by atoms with Crippen LogP contribution in [-0.4, -0.2) is 30.2 Å². The Kier molecular flexibility index (Phi) is 3.93. The highest BCUT2D eigenvalue weighted by molar-refractivity contribution is 7.89. The maximum absolute atomic E-state index is 12.7. The molecule has 0 N–H and O–H groups in total. The lowest BCUT2D eigenvalue weighted by molar-refractivity contribution is -0.111. The van der Waals surface area contributed by atoms with Gasteiger partial charge in [0.2, 0.25) is 21.6 Å². The molecule has 0 unspecified atom stereocenters. The second-order valence-electron chi connectivity index (χ2n) is 6.31. The molecule has 1 aromatic heterocycles. The molecule has 0 amide bonds. The molecule has 0 saturated carbocycles.